The minimum absolute atomic E-state index is 0.127. The highest BCUT2D eigenvalue weighted by atomic mass is 16.5. The second-order valence-corrected chi connectivity index (χ2v) is 9.80. The summed E-state index contributed by atoms with van der Waals surface area (Å²) in [6, 6.07) is 0. The molecule has 0 heterocycles. The number of carbonyl (C=O) groups is 2. The first-order valence-corrected chi connectivity index (χ1v) is 11.9. The molecule has 5 nitrogen and oxygen atoms in total. The maximum Gasteiger partial charge on any atom is 0.307 e. The lowest BCUT2D eigenvalue weighted by molar-refractivity contribution is -0.873. The molecule has 1 N–H and O–H groups in total. The number of nitrogens with zero attached hydrogens (tertiary/aromatic N) is 1. The number of carboxylic acids is 1. The number of ether oxygens (including phenoxy) is 1. The summed E-state index contributed by atoms with van der Waals surface area (Å²) >= 11 is 0. The van der Waals surface area contributed by atoms with Crippen LogP contribution in [0.4, 0.5) is 0 Å². The number of rotatable bonds is 19. The summed E-state index contributed by atoms with van der Waals surface area (Å²) < 4.78 is 5.99. The van der Waals surface area contributed by atoms with Crippen LogP contribution in [0.2, 0.25) is 0 Å². The van der Waals surface area contributed by atoms with Crippen molar-refractivity contribution in [2.45, 2.75) is 110 Å². The predicted octanol–water partition coefficient (Wildman–Crippen LogP) is 5.81. The Balaban J connectivity index is 3.75. The Morgan fingerprint density at radius 2 is 1.38 bits per heavy atom. The van der Waals surface area contributed by atoms with Crippen LogP contribution >= 0.6 is 0 Å². The van der Waals surface area contributed by atoms with Gasteiger partial charge >= 0.3 is 11.9 Å². The van der Waals surface area contributed by atoms with Crippen molar-refractivity contribution in [3.63, 3.8) is 0 Å². The van der Waals surface area contributed by atoms with Gasteiger partial charge in [0.05, 0.1) is 27.6 Å². The Morgan fingerprint density at radius 1 is 0.862 bits per heavy atom. The second kappa shape index (κ2) is 16.7. The fraction of sp³-hybridized carbons (Fsp3) is 0.917. The van der Waals surface area contributed by atoms with Crippen LogP contribution in [-0.2, 0) is 14.3 Å². The van der Waals surface area contributed by atoms with Crippen LogP contribution in [0.15, 0.2) is 0 Å². The summed E-state index contributed by atoms with van der Waals surface area (Å²) in [6.07, 6.45) is 14.8. The van der Waals surface area contributed by atoms with E-state index < -0.39 is 12.1 Å². The topological polar surface area (TPSA) is 63.6 Å². The van der Waals surface area contributed by atoms with Crippen molar-refractivity contribution in [2.24, 2.45) is 5.92 Å². The minimum Gasteiger partial charge on any atom is -0.481 e. The zero-order valence-corrected chi connectivity index (χ0v) is 19.9. The summed E-state index contributed by atoms with van der Waals surface area (Å²) in [5, 5.41) is 9.01. The van der Waals surface area contributed by atoms with Crippen LogP contribution in [0.5, 0.6) is 0 Å². The normalized spacial score (nSPS) is 13.8. The molecule has 5 heteroatoms. The molecule has 0 aliphatic carbocycles. The van der Waals surface area contributed by atoms with Gasteiger partial charge in [0.1, 0.15) is 6.54 Å². The smallest absolute Gasteiger partial charge is 0.307 e. The number of esters is 1. The molecule has 0 rings (SSSR count). The summed E-state index contributed by atoms with van der Waals surface area (Å²) in [4.78, 5) is 23.0. The van der Waals surface area contributed by atoms with Crippen molar-refractivity contribution < 1.29 is 23.9 Å². The van der Waals surface area contributed by atoms with Crippen LogP contribution in [0, 0.1) is 5.92 Å². The van der Waals surface area contributed by atoms with E-state index in [-0.39, 0.29) is 12.4 Å². The van der Waals surface area contributed by atoms with E-state index in [0.717, 1.165) is 25.2 Å². The van der Waals surface area contributed by atoms with Gasteiger partial charge < -0.3 is 14.3 Å². The van der Waals surface area contributed by atoms with E-state index in [1.807, 2.05) is 21.1 Å². The summed E-state index contributed by atoms with van der Waals surface area (Å²) in [7, 11) is 5.90. The molecular weight excluding hydrogens is 366 g/mol. The van der Waals surface area contributed by atoms with Crippen molar-refractivity contribution >= 4 is 11.9 Å². The summed E-state index contributed by atoms with van der Waals surface area (Å²) in [5.41, 5.74) is 0. The summed E-state index contributed by atoms with van der Waals surface area (Å²) in [5.74, 6) is -0.355. The molecule has 2 atom stereocenters. The van der Waals surface area contributed by atoms with Gasteiger partial charge in [0, 0.05) is 6.42 Å². The Kier molecular flexibility index (Phi) is 16.0. The average molecular weight is 415 g/mol. The fourth-order valence-electron chi connectivity index (χ4n) is 3.73. The molecule has 0 fully saturated rings. The molecule has 0 aromatic carbocycles. The van der Waals surface area contributed by atoms with E-state index in [1.165, 1.54) is 57.8 Å². The van der Waals surface area contributed by atoms with Gasteiger partial charge in [-0.3, -0.25) is 9.59 Å². The molecule has 0 spiro atoms. The second-order valence-electron chi connectivity index (χ2n) is 9.80. The monoisotopic (exact) mass is 414 g/mol. The minimum atomic E-state index is -0.925. The number of hydrogen-bond donors (Lipinski definition) is 1. The molecule has 0 aromatic rings. The standard InChI is InChI=1S/C24H47NO4/c1-6-7-8-10-13-16-21(2)17-14-11-9-12-15-18-24(28)29-22(19-23(26)27)20-25(3,4)5/h21-22H,6-20H2,1-5H3/p+1. The molecule has 172 valence electrons. The lowest BCUT2D eigenvalue weighted by Gasteiger charge is -2.28. The van der Waals surface area contributed by atoms with E-state index in [9.17, 15) is 9.59 Å². The zero-order chi connectivity index (χ0) is 22.1. The SMILES string of the molecule is CCCCCCCC(C)CCCCCCCC(=O)OC(CC(=O)O)C[N+](C)(C)C. The first-order valence-electron chi connectivity index (χ1n) is 11.9. The number of likely N-dealkylation sites (N-methyl/N-ethyl adjacent to an activating group) is 1. The van der Waals surface area contributed by atoms with E-state index in [2.05, 4.69) is 13.8 Å². The zero-order valence-electron chi connectivity index (χ0n) is 19.9. The first-order chi connectivity index (χ1) is 13.6. The molecule has 0 aliphatic heterocycles. The lowest BCUT2D eigenvalue weighted by atomic mass is 9.96. The quantitative estimate of drug-likeness (QED) is 0.165. The first kappa shape index (κ1) is 27.9. The Labute approximate surface area is 179 Å². The van der Waals surface area contributed by atoms with Crippen LogP contribution < -0.4 is 0 Å². The molecule has 0 amide bonds. The van der Waals surface area contributed by atoms with E-state index in [1.54, 1.807) is 0 Å². The number of carbonyl (C=O) groups excluding carboxylic acids is 1. The Hall–Kier alpha value is -1.10. The van der Waals surface area contributed by atoms with Crippen LogP contribution in [0.25, 0.3) is 0 Å². The third-order valence-corrected chi connectivity index (χ3v) is 5.33. The number of quaternary nitrogens is 1. The highest BCUT2D eigenvalue weighted by Gasteiger charge is 2.24. The maximum atomic E-state index is 12.0. The van der Waals surface area contributed by atoms with Gasteiger partial charge in [0.2, 0.25) is 0 Å². The van der Waals surface area contributed by atoms with Crippen molar-refractivity contribution in [2.75, 3.05) is 27.7 Å². The third-order valence-electron chi connectivity index (χ3n) is 5.33. The van der Waals surface area contributed by atoms with Gasteiger partial charge in [-0.05, 0) is 12.3 Å². The number of unbranched alkanes of at least 4 members (excludes halogenated alkanes) is 8. The van der Waals surface area contributed by atoms with E-state index in [4.69, 9.17) is 9.84 Å². The van der Waals surface area contributed by atoms with Gasteiger partial charge in [-0.15, -0.1) is 0 Å². The van der Waals surface area contributed by atoms with Gasteiger partial charge in [0.25, 0.3) is 0 Å². The number of aliphatic carboxylic acids is 1. The molecule has 29 heavy (non-hydrogen) atoms. The van der Waals surface area contributed by atoms with Gasteiger partial charge in [-0.25, -0.2) is 0 Å². The Morgan fingerprint density at radius 3 is 1.90 bits per heavy atom. The van der Waals surface area contributed by atoms with Gasteiger partial charge in [-0.1, -0.05) is 84.5 Å². The van der Waals surface area contributed by atoms with Crippen molar-refractivity contribution in [3.8, 4) is 0 Å². The van der Waals surface area contributed by atoms with Crippen LogP contribution in [0.3, 0.4) is 0 Å². The maximum absolute atomic E-state index is 12.0. The van der Waals surface area contributed by atoms with Gasteiger partial charge in [0.15, 0.2) is 6.10 Å². The van der Waals surface area contributed by atoms with E-state index >= 15 is 0 Å². The molecular formula is C24H48NO4+. The molecule has 2 unspecified atom stereocenters. The number of carboxylic acid groups (broad SMARTS) is 1. The fourth-order valence-corrected chi connectivity index (χ4v) is 3.73. The lowest BCUT2D eigenvalue weighted by Crippen LogP contribution is -2.43. The molecule has 0 aliphatic rings. The number of hydrogen-bond acceptors (Lipinski definition) is 3. The largest absolute Gasteiger partial charge is 0.481 e. The van der Waals surface area contributed by atoms with Gasteiger partial charge in [-0.2, -0.15) is 0 Å². The molecule has 0 saturated heterocycles. The van der Waals surface area contributed by atoms with Crippen molar-refractivity contribution in [1.29, 1.82) is 0 Å². The average Bonchev–Trinajstić information content (AvgIpc) is 2.58. The molecule has 0 radical (unpaired) electrons. The van der Waals surface area contributed by atoms with Crippen LogP contribution in [-0.4, -0.2) is 55.3 Å². The third kappa shape index (κ3) is 20.0. The van der Waals surface area contributed by atoms with Crippen molar-refractivity contribution in [3.05, 3.63) is 0 Å². The summed E-state index contributed by atoms with van der Waals surface area (Å²) in [6.45, 7) is 5.14. The molecule has 0 saturated carbocycles. The molecule has 0 bridgehead atoms. The van der Waals surface area contributed by atoms with E-state index in [0.29, 0.717) is 17.4 Å². The van der Waals surface area contributed by atoms with Crippen LogP contribution in [0.1, 0.15) is 104 Å². The highest BCUT2D eigenvalue weighted by Crippen LogP contribution is 2.18. The highest BCUT2D eigenvalue weighted by molar-refractivity contribution is 5.71. The molecule has 0 aromatic heterocycles. The predicted molar refractivity (Wildman–Crippen MR) is 120 cm³/mol. The Bertz CT molecular complexity index is 431. The van der Waals surface area contributed by atoms with Crippen molar-refractivity contribution in [1.82, 2.24) is 0 Å².